The molecule has 2 fully saturated rings. The zero-order valence-corrected chi connectivity index (χ0v) is 16.6. The highest BCUT2D eigenvalue weighted by atomic mass is 32.1. The minimum Gasteiger partial charge on any atom is -0.493 e. The van der Waals surface area contributed by atoms with Crippen LogP contribution in [0.4, 0.5) is 9.52 Å². The molecule has 4 rings (SSSR count). The number of amides is 1. The minimum atomic E-state index is -0.266. The number of halogens is 1. The summed E-state index contributed by atoms with van der Waals surface area (Å²) in [7, 11) is 0. The summed E-state index contributed by atoms with van der Waals surface area (Å²) in [4.78, 5) is 14.5. The standard InChI is InChI=1S/C20H25FN4O2S/c21-16-6-8-17(9-7-16)27-13-14-3-2-10-25(11-14)12-18(26)22-20-24-23-19(28-20)15-4-1-5-15/h6-9,14-15H,1-5,10-13H2,(H,22,24,26)/t14-/m0/s1. The summed E-state index contributed by atoms with van der Waals surface area (Å²) in [5, 5.41) is 12.8. The van der Waals surface area contributed by atoms with E-state index in [0.29, 0.717) is 35.9 Å². The van der Waals surface area contributed by atoms with Crippen molar-refractivity contribution in [1.29, 1.82) is 0 Å². The predicted octanol–water partition coefficient (Wildman–Crippen LogP) is 3.67. The van der Waals surface area contributed by atoms with E-state index >= 15 is 0 Å². The monoisotopic (exact) mass is 404 g/mol. The zero-order valence-electron chi connectivity index (χ0n) is 15.8. The Morgan fingerprint density at radius 2 is 2.04 bits per heavy atom. The van der Waals surface area contributed by atoms with Crippen LogP contribution in [-0.2, 0) is 4.79 Å². The van der Waals surface area contributed by atoms with E-state index in [2.05, 4.69) is 20.4 Å². The van der Waals surface area contributed by atoms with Crippen LogP contribution in [0, 0.1) is 11.7 Å². The average molecular weight is 405 g/mol. The van der Waals surface area contributed by atoms with E-state index < -0.39 is 0 Å². The Morgan fingerprint density at radius 1 is 1.21 bits per heavy atom. The molecule has 1 saturated carbocycles. The van der Waals surface area contributed by atoms with Gasteiger partial charge in [-0.3, -0.25) is 15.0 Å². The van der Waals surface area contributed by atoms with Crippen LogP contribution < -0.4 is 10.1 Å². The van der Waals surface area contributed by atoms with Gasteiger partial charge in [-0.05, 0) is 56.5 Å². The molecule has 0 spiro atoms. The second-order valence-electron chi connectivity index (χ2n) is 7.63. The third-order valence-electron chi connectivity index (χ3n) is 5.41. The molecule has 1 aromatic carbocycles. The Labute approximate surface area is 168 Å². The first-order valence-corrected chi connectivity index (χ1v) is 10.7. The van der Waals surface area contributed by atoms with Crippen LogP contribution in [-0.4, -0.2) is 47.2 Å². The van der Waals surface area contributed by atoms with Crippen LogP contribution in [0.5, 0.6) is 5.75 Å². The number of aromatic nitrogens is 2. The number of likely N-dealkylation sites (tertiary alicyclic amines) is 1. The molecule has 1 aliphatic heterocycles. The lowest BCUT2D eigenvalue weighted by Crippen LogP contribution is -2.42. The molecule has 2 heterocycles. The predicted molar refractivity (Wildman–Crippen MR) is 106 cm³/mol. The van der Waals surface area contributed by atoms with Crippen molar-refractivity contribution >= 4 is 22.4 Å². The highest BCUT2D eigenvalue weighted by molar-refractivity contribution is 7.15. The topological polar surface area (TPSA) is 67.3 Å². The van der Waals surface area contributed by atoms with Crippen molar-refractivity contribution < 1.29 is 13.9 Å². The molecule has 1 N–H and O–H groups in total. The number of rotatable bonds is 7. The van der Waals surface area contributed by atoms with E-state index in [4.69, 9.17) is 4.74 Å². The molecule has 0 unspecified atom stereocenters. The minimum absolute atomic E-state index is 0.0450. The molecule has 28 heavy (non-hydrogen) atoms. The number of nitrogens with zero attached hydrogens (tertiary/aromatic N) is 3. The van der Waals surface area contributed by atoms with Gasteiger partial charge < -0.3 is 4.74 Å². The van der Waals surface area contributed by atoms with Crippen molar-refractivity contribution in [2.75, 3.05) is 31.6 Å². The van der Waals surface area contributed by atoms with E-state index in [0.717, 1.165) is 30.9 Å². The molecule has 1 aliphatic carbocycles. The number of carbonyl (C=O) groups excluding carboxylic acids is 1. The van der Waals surface area contributed by atoms with Crippen LogP contribution in [0.3, 0.4) is 0 Å². The number of benzene rings is 1. The van der Waals surface area contributed by atoms with E-state index in [9.17, 15) is 9.18 Å². The van der Waals surface area contributed by atoms with Crippen LogP contribution >= 0.6 is 11.3 Å². The van der Waals surface area contributed by atoms with Crippen molar-refractivity contribution in [3.05, 3.63) is 35.1 Å². The lowest BCUT2D eigenvalue weighted by atomic mass is 9.86. The summed E-state index contributed by atoms with van der Waals surface area (Å²) in [6.07, 6.45) is 5.72. The van der Waals surface area contributed by atoms with Gasteiger partial charge in [0.25, 0.3) is 0 Å². The van der Waals surface area contributed by atoms with Gasteiger partial charge in [0.05, 0.1) is 13.2 Å². The molecule has 0 bridgehead atoms. The van der Waals surface area contributed by atoms with E-state index in [1.807, 2.05) is 0 Å². The Bertz CT molecular complexity index is 794. The highest BCUT2D eigenvalue weighted by Gasteiger charge is 2.25. The van der Waals surface area contributed by atoms with Gasteiger partial charge in [-0.15, -0.1) is 10.2 Å². The molecule has 1 atom stereocenters. The third kappa shape index (κ3) is 5.05. The fraction of sp³-hybridized carbons (Fsp3) is 0.550. The first-order valence-electron chi connectivity index (χ1n) is 9.89. The van der Waals surface area contributed by atoms with Gasteiger partial charge in [0.2, 0.25) is 11.0 Å². The smallest absolute Gasteiger partial charge is 0.240 e. The van der Waals surface area contributed by atoms with E-state index in [-0.39, 0.29) is 11.7 Å². The maximum Gasteiger partial charge on any atom is 0.240 e. The Hall–Kier alpha value is -2.06. The molecule has 8 heteroatoms. The lowest BCUT2D eigenvalue weighted by Gasteiger charge is -2.31. The van der Waals surface area contributed by atoms with Gasteiger partial charge in [0, 0.05) is 18.4 Å². The second-order valence-corrected chi connectivity index (χ2v) is 8.64. The number of anilines is 1. The van der Waals surface area contributed by atoms with Crippen molar-refractivity contribution in [1.82, 2.24) is 15.1 Å². The number of hydrogen-bond acceptors (Lipinski definition) is 6. The van der Waals surface area contributed by atoms with Gasteiger partial charge in [0.15, 0.2) is 0 Å². The van der Waals surface area contributed by atoms with E-state index in [1.54, 1.807) is 12.1 Å². The molecule has 150 valence electrons. The zero-order chi connectivity index (χ0) is 19.3. The number of piperidine rings is 1. The van der Waals surface area contributed by atoms with Crippen LogP contribution in [0.2, 0.25) is 0 Å². The SMILES string of the molecule is O=C(CN1CCC[C@H](COc2ccc(F)cc2)C1)Nc1nnc(C2CCC2)s1. The van der Waals surface area contributed by atoms with Gasteiger partial charge in [-0.2, -0.15) is 0 Å². The van der Waals surface area contributed by atoms with Crippen molar-refractivity contribution in [3.63, 3.8) is 0 Å². The summed E-state index contributed by atoms with van der Waals surface area (Å²) >= 11 is 1.50. The summed E-state index contributed by atoms with van der Waals surface area (Å²) in [6.45, 7) is 2.65. The maximum atomic E-state index is 13.0. The summed E-state index contributed by atoms with van der Waals surface area (Å²) in [5.41, 5.74) is 0. The number of hydrogen-bond donors (Lipinski definition) is 1. The summed E-state index contributed by atoms with van der Waals surface area (Å²) in [5.74, 6) is 1.26. The lowest BCUT2D eigenvalue weighted by molar-refractivity contribution is -0.117. The molecular weight excluding hydrogens is 379 g/mol. The highest BCUT2D eigenvalue weighted by Crippen LogP contribution is 2.38. The summed E-state index contributed by atoms with van der Waals surface area (Å²) < 4.78 is 18.7. The number of ether oxygens (including phenoxy) is 1. The van der Waals surface area contributed by atoms with Gasteiger partial charge >= 0.3 is 0 Å². The fourth-order valence-corrected chi connectivity index (χ4v) is 4.57. The maximum absolute atomic E-state index is 13.0. The Balaban J connectivity index is 1.22. The molecule has 1 aromatic heterocycles. The average Bonchev–Trinajstić information content (AvgIpc) is 3.07. The van der Waals surface area contributed by atoms with Gasteiger partial charge in [0.1, 0.15) is 16.6 Å². The van der Waals surface area contributed by atoms with Crippen LogP contribution in [0.15, 0.2) is 24.3 Å². The largest absolute Gasteiger partial charge is 0.493 e. The van der Waals surface area contributed by atoms with Gasteiger partial charge in [-0.1, -0.05) is 17.8 Å². The second kappa shape index (κ2) is 8.96. The molecule has 1 amide bonds. The molecule has 0 radical (unpaired) electrons. The molecule has 2 aliphatic rings. The molecule has 1 saturated heterocycles. The quantitative estimate of drug-likeness (QED) is 0.763. The normalized spacial score (nSPS) is 20.5. The number of carbonyl (C=O) groups is 1. The van der Waals surface area contributed by atoms with Crippen LogP contribution in [0.1, 0.15) is 43.0 Å². The fourth-order valence-electron chi connectivity index (χ4n) is 3.64. The molecule has 2 aromatic rings. The third-order valence-corrected chi connectivity index (χ3v) is 6.41. The van der Waals surface area contributed by atoms with Crippen LogP contribution in [0.25, 0.3) is 0 Å². The molecular formula is C20H25FN4O2S. The number of nitrogens with one attached hydrogen (secondary N) is 1. The van der Waals surface area contributed by atoms with Crippen molar-refractivity contribution in [3.8, 4) is 5.75 Å². The van der Waals surface area contributed by atoms with Crippen molar-refractivity contribution in [2.45, 2.75) is 38.0 Å². The first-order chi connectivity index (χ1) is 13.7. The van der Waals surface area contributed by atoms with E-state index in [1.165, 1.54) is 42.7 Å². The van der Waals surface area contributed by atoms with Gasteiger partial charge in [-0.25, -0.2) is 4.39 Å². The summed E-state index contributed by atoms with van der Waals surface area (Å²) in [6, 6.07) is 6.08. The molecule has 6 nitrogen and oxygen atoms in total. The Morgan fingerprint density at radius 3 is 2.79 bits per heavy atom. The Kier molecular flexibility index (Phi) is 6.17. The first kappa shape index (κ1) is 19.3. The van der Waals surface area contributed by atoms with Crippen molar-refractivity contribution in [2.24, 2.45) is 5.92 Å².